The van der Waals surface area contributed by atoms with Crippen molar-refractivity contribution in [3.8, 4) is 0 Å². The van der Waals surface area contributed by atoms with Gasteiger partial charge < -0.3 is 5.32 Å². The lowest BCUT2D eigenvalue weighted by molar-refractivity contribution is 0.0933. The smallest absolute Gasteiger partial charge is 0.256 e. The topological polar surface area (TPSA) is 46.9 Å². The summed E-state index contributed by atoms with van der Waals surface area (Å²) < 4.78 is 1.71. The Morgan fingerprint density at radius 2 is 1.80 bits per heavy atom. The number of amides is 1. The highest BCUT2D eigenvalue weighted by Gasteiger charge is 2.23. The third kappa shape index (κ3) is 4.43. The van der Waals surface area contributed by atoms with Gasteiger partial charge in [0.05, 0.1) is 17.8 Å². The molecule has 1 saturated carbocycles. The van der Waals surface area contributed by atoms with E-state index in [0.717, 1.165) is 18.4 Å². The van der Waals surface area contributed by atoms with E-state index >= 15 is 0 Å². The summed E-state index contributed by atoms with van der Waals surface area (Å²) in [5.41, 5.74) is 3.53. The zero-order chi connectivity index (χ0) is 17.8. The number of nitrogens with zero attached hydrogens (tertiary/aromatic N) is 2. The normalized spacial score (nSPS) is 15.8. The van der Waals surface area contributed by atoms with Gasteiger partial charge in [-0.3, -0.25) is 4.79 Å². The van der Waals surface area contributed by atoms with Gasteiger partial charge >= 0.3 is 0 Å². The van der Waals surface area contributed by atoms with Gasteiger partial charge in [0.15, 0.2) is 0 Å². The molecule has 0 spiro atoms. The monoisotopic (exact) mass is 359 g/mol. The van der Waals surface area contributed by atoms with Gasteiger partial charge in [-0.1, -0.05) is 67.1 Å². The second-order valence-corrected chi connectivity index (χ2v) is 7.41. The molecule has 1 fully saturated rings. The Bertz CT molecular complexity index is 728. The van der Waals surface area contributed by atoms with E-state index in [0.29, 0.717) is 23.0 Å². The molecule has 0 aliphatic heterocycles. The van der Waals surface area contributed by atoms with Crippen molar-refractivity contribution in [3.05, 3.63) is 51.8 Å². The molecule has 1 aromatic heterocycles. The average Bonchev–Trinajstić information content (AvgIpc) is 2.76. The van der Waals surface area contributed by atoms with E-state index in [1.807, 2.05) is 6.92 Å². The minimum absolute atomic E-state index is 0.0930. The molecule has 25 heavy (non-hydrogen) atoms. The first-order valence-electron chi connectivity index (χ1n) is 9.14. The Balaban J connectivity index is 1.74. The maximum Gasteiger partial charge on any atom is 0.256 e. The Morgan fingerprint density at radius 3 is 2.44 bits per heavy atom. The van der Waals surface area contributed by atoms with Crippen molar-refractivity contribution in [3.63, 3.8) is 0 Å². The number of carbonyl (C=O) groups excluding carboxylic acids is 1. The Labute approximate surface area is 154 Å². The zero-order valence-electron chi connectivity index (χ0n) is 15.0. The lowest BCUT2D eigenvalue weighted by Crippen LogP contribution is -2.34. The van der Waals surface area contributed by atoms with Crippen LogP contribution in [0.4, 0.5) is 0 Å². The van der Waals surface area contributed by atoms with Crippen LogP contribution in [0.15, 0.2) is 24.3 Å². The number of nitrogens with one attached hydrogen (secondary N) is 1. The van der Waals surface area contributed by atoms with Gasteiger partial charge in [0.1, 0.15) is 5.15 Å². The van der Waals surface area contributed by atoms with Crippen LogP contribution in [0.5, 0.6) is 0 Å². The van der Waals surface area contributed by atoms with Gasteiger partial charge in [-0.15, -0.1) is 0 Å². The first-order chi connectivity index (χ1) is 12.0. The molecular weight excluding hydrogens is 334 g/mol. The number of hydrogen-bond donors (Lipinski definition) is 1. The van der Waals surface area contributed by atoms with Crippen molar-refractivity contribution >= 4 is 17.5 Å². The first-order valence-corrected chi connectivity index (χ1v) is 9.51. The third-order valence-electron chi connectivity index (χ3n) is 4.94. The number of halogens is 1. The number of aryl methyl sites for hydroxylation is 2. The summed E-state index contributed by atoms with van der Waals surface area (Å²) in [7, 11) is 0. The molecule has 2 aromatic rings. The van der Waals surface area contributed by atoms with Gasteiger partial charge in [-0.2, -0.15) is 5.10 Å². The minimum Gasteiger partial charge on any atom is -0.349 e. The highest BCUT2D eigenvalue weighted by atomic mass is 35.5. The quantitative estimate of drug-likeness (QED) is 0.807. The SMILES string of the molecule is Cc1ccc(Cn2nc(C)c(C(=O)NC3CCCCCC3)c2Cl)cc1. The molecule has 5 heteroatoms. The summed E-state index contributed by atoms with van der Waals surface area (Å²) in [5, 5.41) is 8.07. The Hall–Kier alpha value is -1.81. The molecule has 134 valence electrons. The van der Waals surface area contributed by atoms with E-state index in [4.69, 9.17) is 11.6 Å². The molecule has 0 saturated heterocycles. The lowest BCUT2D eigenvalue weighted by Gasteiger charge is -2.16. The van der Waals surface area contributed by atoms with Crippen LogP contribution in [-0.2, 0) is 6.54 Å². The summed E-state index contributed by atoms with van der Waals surface area (Å²) >= 11 is 6.50. The van der Waals surface area contributed by atoms with Crippen LogP contribution in [0.1, 0.15) is 65.7 Å². The van der Waals surface area contributed by atoms with E-state index in [2.05, 4.69) is 41.6 Å². The largest absolute Gasteiger partial charge is 0.349 e. The fourth-order valence-corrected chi connectivity index (χ4v) is 3.78. The summed E-state index contributed by atoms with van der Waals surface area (Å²) in [5.74, 6) is -0.0930. The first kappa shape index (κ1) is 18.0. The second kappa shape index (κ2) is 8.05. The maximum atomic E-state index is 12.7. The average molecular weight is 360 g/mol. The van der Waals surface area contributed by atoms with E-state index < -0.39 is 0 Å². The van der Waals surface area contributed by atoms with Crippen LogP contribution in [0.25, 0.3) is 0 Å². The highest BCUT2D eigenvalue weighted by Crippen LogP contribution is 2.23. The maximum absolute atomic E-state index is 12.7. The van der Waals surface area contributed by atoms with Crippen molar-refractivity contribution < 1.29 is 4.79 Å². The summed E-state index contributed by atoms with van der Waals surface area (Å²) in [6.07, 6.45) is 7.01. The van der Waals surface area contributed by atoms with Gasteiger partial charge in [0.25, 0.3) is 5.91 Å². The molecule has 1 N–H and O–H groups in total. The van der Waals surface area contributed by atoms with Crippen molar-refractivity contribution in [2.75, 3.05) is 0 Å². The molecule has 1 aliphatic rings. The predicted octanol–water partition coefficient (Wildman–Crippen LogP) is 4.65. The van der Waals surface area contributed by atoms with Crippen molar-refractivity contribution in [1.29, 1.82) is 0 Å². The van der Waals surface area contributed by atoms with Gasteiger partial charge in [-0.25, -0.2) is 4.68 Å². The number of aromatic nitrogens is 2. The highest BCUT2D eigenvalue weighted by molar-refractivity contribution is 6.33. The molecule has 3 rings (SSSR count). The molecule has 1 heterocycles. The molecule has 4 nitrogen and oxygen atoms in total. The minimum atomic E-state index is -0.0930. The van der Waals surface area contributed by atoms with Crippen molar-refractivity contribution in [1.82, 2.24) is 15.1 Å². The van der Waals surface area contributed by atoms with Crippen molar-refractivity contribution in [2.24, 2.45) is 0 Å². The number of hydrogen-bond acceptors (Lipinski definition) is 2. The molecule has 0 radical (unpaired) electrons. The lowest BCUT2D eigenvalue weighted by atomic mass is 10.1. The van der Waals surface area contributed by atoms with Crippen molar-refractivity contribution in [2.45, 2.75) is 65.0 Å². The molecule has 1 amide bonds. The third-order valence-corrected chi connectivity index (χ3v) is 5.32. The fraction of sp³-hybridized carbons (Fsp3) is 0.500. The zero-order valence-corrected chi connectivity index (χ0v) is 15.8. The summed E-state index contributed by atoms with van der Waals surface area (Å²) in [4.78, 5) is 12.7. The molecule has 0 bridgehead atoms. The molecular formula is C20H26ClN3O. The number of benzene rings is 1. The van der Waals surface area contributed by atoms with Gasteiger partial charge in [0, 0.05) is 6.04 Å². The van der Waals surface area contributed by atoms with E-state index in [1.165, 1.54) is 31.2 Å². The predicted molar refractivity (Wildman–Crippen MR) is 101 cm³/mol. The van der Waals surface area contributed by atoms with Crippen LogP contribution in [0.3, 0.4) is 0 Å². The number of carbonyl (C=O) groups is 1. The van der Waals surface area contributed by atoms with Crippen LogP contribution in [-0.4, -0.2) is 21.7 Å². The van der Waals surface area contributed by atoms with Crippen LogP contribution in [0, 0.1) is 13.8 Å². The number of rotatable bonds is 4. The van der Waals surface area contributed by atoms with E-state index in [9.17, 15) is 4.79 Å². The Morgan fingerprint density at radius 1 is 1.16 bits per heavy atom. The van der Waals surface area contributed by atoms with Gasteiger partial charge in [0.2, 0.25) is 0 Å². The van der Waals surface area contributed by atoms with Gasteiger partial charge in [-0.05, 0) is 32.3 Å². The summed E-state index contributed by atoms with van der Waals surface area (Å²) in [6.45, 7) is 4.47. The second-order valence-electron chi connectivity index (χ2n) is 7.06. The molecule has 0 atom stereocenters. The fourth-order valence-electron chi connectivity index (χ4n) is 3.46. The molecule has 1 aromatic carbocycles. The van der Waals surface area contributed by atoms with E-state index in [1.54, 1.807) is 4.68 Å². The van der Waals surface area contributed by atoms with Crippen LogP contribution in [0.2, 0.25) is 5.15 Å². The standard InChI is InChI=1S/C20H26ClN3O/c1-14-9-11-16(12-10-14)13-24-19(21)18(15(2)23-24)20(25)22-17-7-5-3-4-6-8-17/h9-12,17H,3-8,13H2,1-2H3,(H,22,25). The van der Waals surface area contributed by atoms with Crippen LogP contribution >= 0.6 is 11.6 Å². The summed E-state index contributed by atoms with van der Waals surface area (Å²) in [6, 6.07) is 8.52. The van der Waals surface area contributed by atoms with Crippen LogP contribution < -0.4 is 5.32 Å². The molecule has 0 unspecified atom stereocenters. The Kier molecular flexibility index (Phi) is 5.79. The van der Waals surface area contributed by atoms with E-state index in [-0.39, 0.29) is 11.9 Å². The molecule has 1 aliphatic carbocycles.